The summed E-state index contributed by atoms with van der Waals surface area (Å²) in [6.07, 6.45) is 4.53. The fourth-order valence-corrected chi connectivity index (χ4v) is 2.02. The van der Waals surface area contributed by atoms with Crippen molar-refractivity contribution in [3.05, 3.63) is 35.5 Å². The number of aromatic nitrogens is 1. The standard InChI is InChI=1S/C12H14ClN/c1-2-3-8-14-9-7-10-5-4-6-11(13)12(10)14/h4-7,9H,2-3,8H2,1H3. The first-order chi connectivity index (χ1) is 6.83. The van der Waals surface area contributed by atoms with Crippen molar-refractivity contribution in [3.63, 3.8) is 0 Å². The Hall–Kier alpha value is -0.950. The molecule has 0 N–H and O–H groups in total. The molecule has 0 aliphatic carbocycles. The molecule has 0 aliphatic rings. The molecule has 0 atom stereocenters. The average molecular weight is 208 g/mol. The smallest absolute Gasteiger partial charge is 0.0669 e. The summed E-state index contributed by atoms with van der Waals surface area (Å²) in [4.78, 5) is 0. The number of fused-ring (bicyclic) bond motifs is 1. The molecule has 0 spiro atoms. The number of halogens is 1. The van der Waals surface area contributed by atoms with E-state index in [2.05, 4.69) is 29.8 Å². The maximum atomic E-state index is 6.16. The van der Waals surface area contributed by atoms with E-state index < -0.39 is 0 Å². The molecule has 0 radical (unpaired) electrons. The third-order valence-electron chi connectivity index (χ3n) is 2.49. The minimum absolute atomic E-state index is 0.851. The summed E-state index contributed by atoms with van der Waals surface area (Å²) < 4.78 is 2.24. The molecule has 0 bridgehead atoms. The quantitative estimate of drug-likeness (QED) is 0.715. The van der Waals surface area contributed by atoms with Gasteiger partial charge in [-0.1, -0.05) is 37.1 Å². The van der Waals surface area contributed by atoms with Crippen LogP contribution in [-0.2, 0) is 6.54 Å². The molecule has 2 aromatic rings. The number of aryl methyl sites for hydroxylation is 1. The summed E-state index contributed by atoms with van der Waals surface area (Å²) in [6, 6.07) is 8.17. The molecule has 1 heterocycles. The van der Waals surface area contributed by atoms with Crippen molar-refractivity contribution in [3.8, 4) is 0 Å². The van der Waals surface area contributed by atoms with Gasteiger partial charge in [-0.25, -0.2) is 0 Å². The summed E-state index contributed by atoms with van der Waals surface area (Å²) in [5, 5.41) is 2.08. The molecule has 2 heteroatoms. The first kappa shape index (κ1) is 9.60. The van der Waals surface area contributed by atoms with E-state index in [1.165, 1.54) is 23.7 Å². The van der Waals surface area contributed by atoms with Crippen LogP contribution in [0.1, 0.15) is 19.8 Å². The predicted molar refractivity (Wildman–Crippen MR) is 61.9 cm³/mol. The van der Waals surface area contributed by atoms with Crippen molar-refractivity contribution in [2.75, 3.05) is 0 Å². The fraction of sp³-hybridized carbons (Fsp3) is 0.333. The molecule has 0 fully saturated rings. The molecular formula is C12H14ClN. The monoisotopic (exact) mass is 207 g/mol. The van der Waals surface area contributed by atoms with E-state index in [1.54, 1.807) is 0 Å². The van der Waals surface area contributed by atoms with Crippen LogP contribution in [0.25, 0.3) is 10.9 Å². The number of nitrogens with zero attached hydrogens (tertiary/aromatic N) is 1. The molecule has 74 valence electrons. The zero-order chi connectivity index (χ0) is 9.97. The van der Waals surface area contributed by atoms with Crippen molar-refractivity contribution in [2.45, 2.75) is 26.3 Å². The number of hydrogen-bond acceptors (Lipinski definition) is 0. The molecule has 1 aromatic heterocycles. The van der Waals surface area contributed by atoms with E-state index in [1.807, 2.05) is 12.1 Å². The molecule has 0 unspecified atom stereocenters. The van der Waals surface area contributed by atoms with Crippen molar-refractivity contribution >= 4 is 22.5 Å². The Kier molecular flexibility index (Phi) is 2.78. The zero-order valence-corrected chi connectivity index (χ0v) is 9.09. The second-order valence-corrected chi connectivity index (χ2v) is 3.95. The number of rotatable bonds is 3. The lowest BCUT2D eigenvalue weighted by molar-refractivity contribution is 0.650. The Balaban J connectivity index is 2.45. The van der Waals surface area contributed by atoms with Crippen LogP contribution in [-0.4, -0.2) is 4.57 Å². The van der Waals surface area contributed by atoms with Crippen LogP contribution >= 0.6 is 11.6 Å². The van der Waals surface area contributed by atoms with Crippen molar-refractivity contribution in [2.24, 2.45) is 0 Å². The lowest BCUT2D eigenvalue weighted by atomic mass is 10.2. The fourth-order valence-electron chi connectivity index (χ4n) is 1.73. The highest BCUT2D eigenvalue weighted by Gasteiger charge is 2.03. The van der Waals surface area contributed by atoms with Crippen molar-refractivity contribution < 1.29 is 0 Å². The third kappa shape index (κ3) is 1.64. The molecule has 1 aromatic carbocycles. The minimum atomic E-state index is 0.851. The van der Waals surface area contributed by atoms with Crippen LogP contribution in [0.2, 0.25) is 5.02 Å². The molecule has 0 amide bonds. The molecule has 0 saturated carbocycles. The van der Waals surface area contributed by atoms with Crippen LogP contribution in [0.4, 0.5) is 0 Å². The number of unbranched alkanes of at least 4 members (excludes halogenated alkanes) is 1. The van der Waals surface area contributed by atoms with Crippen molar-refractivity contribution in [1.82, 2.24) is 4.57 Å². The van der Waals surface area contributed by atoms with E-state index in [0.717, 1.165) is 11.6 Å². The predicted octanol–water partition coefficient (Wildman–Crippen LogP) is 4.09. The van der Waals surface area contributed by atoms with Crippen LogP contribution in [0, 0.1) is 0 Å². The van der Waals surface area contributed by atoms with Gasteiger partial charge in [0, 0.05) is 18.1 Å². The van der Waals surface area contributed by atoms with Gasteiger partial charge in [0.1, 0.15) is 0 Å². The topological polar surface area (TPSA) is 4.93 Å². The normalized spacial score (nSPS) is 11.0. The molecular weight excluding hydrogens is 194 g/mol. The zero-order valence-electron chi connectivity index (χ0n) is 8.33. The highest BCUT2D eigenvalue weighted by Crippen LogP contribution is 2.24. The highest BCUT2D eigenvalue weighted by molar-refractivity contribution is 6.35. The summed E-state index contributed by atoms with van der Waals surface area (Å²) in [7, 11) is 0. The molecule has 14 heavy (non-hydrogen) atoms. The Morgan fingerprint density at radius 1 is 1.29 bits per heavy atom. The Labute approximate surface area is 89.3 Å². The maximum Gasteiger partial charge on any atom is 0.0669 e. The second kappa shape index (κ2) is 4.05. The Morgan fingerprint density at radius 2 is 2.14 bits per heavy atom. The summed E-state index contributed by atoms with van der Waals surface area (Å²) in [5.41, 5.74) is 1.17. The van der Waals surface area contributed by atoms with Gasteiger partial charge in [0.25, 0.3) is 0 Å². The van der Waals surface area contributed by atoms with Gasteiger partial charge in [0.2, 0.25) is 0 Å². The average Bonchev–Trinajstić information content (AvgIpc) is 2.59. The van der Waals surface area contributed by atoms with E-state index in [9.17, 15) is 0 Å². The number of para-hydroxylation sites is 1. The van der Waals surface area contributed by atoms with Gasteiger partial charge in [-0.05, 0) is 18.6 Å². The molecule has 2 rings (SSSR count). The van der Waals surface area contributed by atoms with Gasteiger partial charge >= 0.3 is 0 Å². The molecule has 0 aliphatic heterocycles. The molecule has 1 nitrogen and oxygen atoms in total. The van der Waals surface area contributed by atoms with E-state index >= 15 is 0 Å². The Morgan fingerprint density at radius 3 is 2.93 bits per heavy atom. The van der Waals surface area contributed by atoms with E-state index in [0.29, 0.717) is 0 Å². The number of hydrogen-bond donors (Lipinski definition) is 0. The van der Waals surface area contributed by atoms with Gasteiger partial charge in [0.05, 0.1) is 10.5 Å². The maximum absolute atomic E-state index is 6.16. The number of benzene rings is 1. The van der Waals surface area contributed by atoms with Gasteiger partial charge in [-0.3, -0.25) is 0 Å². The van der Waals surface area contributed by atoms with Crippen LogP contribution in [0.5, 0.6) is 0 Å². The van der Waals surface area contributed by atoms with Gasteiger partial charge < -0.3 is 4.57 Å². The van der Waals surface area contributed by atoms with Crippen LogP contribution in [0.3, 0.4) is 0 Å². The van der Waals surface area contributed by atoms with Crippen molar-refractivity contribution in [1.29, 1.82) is 0 Å². The summed E-state index contributed by atoms with van der Waals surface area (Å²) >= 11 is 6.16. The van der Waals surface area contributed by atoms with Crippen LogP contribution in [0.15, 0.2) is 30.5 Å². The first-order valence-corrected chi connectivity index (χ1v) is 5.44. The third-order valence-corrected chi connectivity index (χ3v) is 2.80. The van der Waals surface area contributed by atoms with Crippen LogP contribution < -0.4 is 0 Å². The van der Waals surface area contributed by atoms with E-state index in [4.69, 9.17) is 11.6 Å². The van der Waals surface area contributed by atoms with Gasteiger partial charge in [0.15, 0.2) is 0 Å². The second-order valence-electron chi connectivity index (χ2n) is 3.54. The highest BCUT2D eigenvalue weighted by atomic mass is 35.5. The van der Waals surface area contributed by atoms with Gasteiger partial charge in [-0.15, -0.1) is 0 Å². The summed E-state index contributed by atoms with van der Waals surface area (Å²) in [6.45, 7) is 3.26. The lowest BCUT2D eigenvalue weighted by Crippen LogP contribution is -1.95. The summed E-state index contributed by atoms with van der Waals surface area (Å²) in [5.74, 6) is 0. The lowest BCUT2D eigenvalue weighted by Gasteiger charge is -2.04. The SMILES string of the molecule is CCCCn1ccc2cccc(Cl)c21. The largest absolute Gasteiger partial charge is 0.346 e. The van der Waals surface area contributed by atoms with Gasteiger partial charge in [-0.2, -0.15) is 0 Å². The minimum Gasteiger partial charge on any atom is -0.346 e. The molecule has 0 saturated heterocycles. The first-order valence-electron chi connectivity index (χ1n) is 5.06. The van der Waals surface area contributed by atoms with E-state index in [-0.39, 0.29) is 0 Å². The Bertz CT molecular complexity index is 431.